The van der Waals surface area contributed by atoms with E-state index in [2.05, 4.69) is 5.32 Å². The van der Waals surface area contributed by atoms with Crippen molar-refractivity contribution in [1.82, 2.24) is 14.5 Å². The van der Waals surface area contributed by atoms with Crippen LogP contribution in [0.2, 0.25) is 0 Å². The number of amides is 1. The topological polar surface area (TPSA) is 90.2 Å². The van der Waals surface area contributed by atoms with E-state index >= 15 is 0 Å². The molecule has 0 unspecified atom stereocenters. The van der Waals surface area contributed by atoms with Crippen LogP contribution in [0.3, 0.4) is 0 Å². The summed E-state index contributed by atoms with van der Waals surface area (Å²) in [6.45, 7) is 0. The first kappa shape index (κ1) is 15.5. The molecule has 8 heteroatoms. The van der Waals surface area contributed by atoms with Crippen LogP contribution < -0.4 is 16.6 Å². The summed E-state index contributed by atoms with van der Waals surface area (Å²) in [5, 5.41) is 2.93. The van der Waals surface area contributed by atoms with Gasteiger partial charge in [0, 0.05) is 25.4 Å². The zero-order valence-electron chi connectivity index (χ0n) is 12.7. The van der Waals surface area contributed by atoms with Gasteiger partial charge in [0.1, 0.15) is 0 Å². The molecule has 1 aromatic carbocycles. The van der Waals surface area contributed by atoms with Gasteiger partial charge in [-0.1, -0.05) is 11.8 Å². The Balaban J connectivity index is 2.03. The van der Waals surface area contributed by atoms with Crippen LogP contribution >= 0.6 is 11.8 Å². The minimum atomic E-state index is -0.480. The molecule has 0 saturated carbocycles. The van der Waals surface area contributed by atoms with E-state index in [1.807, 2.05) is 0 Å². The van der Waals surface area contributed by atoms with Crippen molar-refractivity contribution in [2.75, 3.05) is 5.75 Å². The van der Waals surface area contributed by atoms with Crippen LogP contribution in [0.5, 0.6) is 0 Å². The van der Waals surface area contributed by atoms with E-state index in [1.54, 1.807) is 19.2 Å². The zero-order valence-corrected chi connectivity index (χ0v) is 13.5. The maximum absolute atomic E-state index is 12.3. The van der Waals surface area contributed by atoms with Gasteiger partial charge in [0.05, 0.1) is 16.9 Å². The molecule has 7 nitrogen and oxygen atoms in total. The van der Waals surface area contributed by atoms with Gasteiger partial charge < -0.3 is 5.32 Å². The predicted molar refractivity (Wildman–Crippen MR) is 87.8 cm³/mol. The molecule has 2 heterocycles. The number of aromatic nitrogens is 2. The number of nitrogens with zero attached hydrogens (tertiary/aromatic N) is 2. The molecule has 23 heavy (non-hydrogen) atoms. The van der Waals surface area contributed by atoms with Gasteiger partial charge in [-0.15, -0.1) is 0 Å². The van der Waals surface area contributed by atoms with Crippen LogP contribution in [0.4, 0.5) is 0 Å². The SMILES string of the molecule is Cn1c(=O)c2cc(C(=O)N[C@@H]3CCSC3=O)ccc2n(C)c1=O. The number of carbonyl (C=O) groups excluding carboxylic acids is 2. The van der Waals surface area contributed by atoms with E-state index in [0.717, 1.165) is 4.57 Å². The van der Waals surface area contributed by atoms with Crippen LogP contribution in [-0.4, -0.2) is 32.0 Å². The number of hydrogen-bond acceptors (Lipinski definition) is 5. The quantitative estimate of drug-likeness (QED) is 0.835. The highest BCUT2D eigenvalue weighted by atomic mass is 32.2. The molecule has 1 atom stereocenters. The highest BCUT2D eigenvalue weighted by molar-refractivity contribution is 8.14. The average Bonchev–Trinajstić information content (AvgIpc) is 2.95. The Morgan fingerprint density at radius 1 is 1.22 bits per heavy atom. The summed E-state index contributed by atoms with van der Waals surface area (Å²) >= 11 is 1.21. The Morgan fingerprint density at radius 2 is 1.96 bits per heavy atom. The minimum Gasteiger partial charge on any atom is -0.341 e. The van der Waals surface area contributed by atoms with Crippen molar-refractivity contribution < 1.29 is 9.59 Å². The third kappa shape index (κ3) is 2.59. The summed E-state index contributed by atoms with van der Waals surface area (Å²) < 4.78 is 2.36. The number of rotatable bonds is 2. The fraction of sp³-hybridized carbons (Fsp3) is 0.333. The molecule has 1 aliphatic heterocycles. The minimum absolute atomic E-state index is 0.0440. The van der Waals surface area contributed by atoms with E-state index in [4.69, 9.17) is 0 Å². The second-order valence-electron chi connectivity index (χ2n) is 5.42. The molecule has 3 rings (SSSR count). The van der Waals surface area contributed by atoms with Crippen LogP contribution in [0.25, 0.3) is 10.9 Å². The summed E-state index contributed by atoms with van der Waals surface area (Å²) in [6, 6.07) is 4.09. The van der Waals surface area contributed by atoms with Crippen LogP contribution in [0.15, 0.2) is 27.8 Å². The van der Waals surface area contributed by atoms with Crippen LogP contribution in [0.1, 0.15) is 16.8 Å². The van der Waals surface area contributed by atoms with Gasteiger partial charge in [-0.3, -0.25) is 23.5 Å². The first-order valence-electron chi connectivity index (χ1n) is 7.07. The Labute approximate surface area is 135 Å². The fourth-order valence-electron chi connectivity index (χ4n) is 2.61. The highest BCUT2D eigenvalue weighted by Gasteiger charge is 2.27. The van der Waals surface area contributed by atoms with Gasteiger partial charge in [-0.05, 0) is 24.6 Å². The molecule has 1 amide bonds. The second kappa shape index (κ2) is 5.69. The number of thioether (sulfide) groups is 1. The number of hydrogen-bond donors (Lipinski definition) is 1. The Bertz CT molecular complexity index is 944. The van der Waals surface area contributed by atoms with Crippen molar-refractivity contribution in [3.63, 3.8) is 0 Å². The molecule has 1 aromatic heterocycles. The molecular formula is C15H15N3O4S. The molecule has 0 bridgehead atoms. The second-order valence-corrected chi connectivity index (χ2v) is 6.52. The van der Waals surface area contributed by atoms with Crippen molar-refractivity contribution in [2.24, 2.45) is 14.1 Å². The molecule has 2 aromatic rings. The largest absolute Gasteiger partial charge is 0.341 e. The first-order chi connectivity index (χ1) is 10.9. The molecule has 1 fully saturated rings. The fourth-order valence-corrected chi connectivity index (χ4v) is 3.54. The summed E-state index contributed by atoms with van der Waals surface area (Å²) in [4.78, 5) is 48.0. The molecule has 0 radical (unpaired) electrons. The highest BCUT2D eigenvalue weighted by Crippen LogP contribution is 2.20. The van der Waals surface area contributed by atoms with Gasteiger partial charge in [0.2, 0.25) is 5.12 Å². The Morgan fingerprint density at radius 3 is 2.61 bits per heavy atom. The number of carbonyl (C=O) groups is 2. The summed E-state index contributed by atoms with van der Waals surface area (Å²) in [5.74, 6) is 0.299. The van der Waals surface area contributed by atoms with Gasteiger partial charge in [0.15, 0.2) is 0 Å². The van der Waals surface area contributed by atoms with Crippen molar-refractivity contribution >= 4 is 33.7 Å². The van der Waals surface area contributed by atoms with Crippen molar-refractivity contribution in [1.29, 1.82) is 0 Å². The third-order valence-corrected chi connectivity index (χ3v) is 4.98. The number of benzene rings is 1. The van der Waals surface area contributed by atoms with E-state index in [0.29, 0.717) is 17.7 Å². The maximum Gasteiger partial charge on any atom is 0.330 e. The molecule has 0 aliphatic carbocycles. The monoisotopic (exact) mass is 333 g/mol. The van der Waals surface area contributed by atoms with Crippen molar-refractivity contribution in [2.45, 2.75) is 12.5 Å². The third-order valence-electron chi connectivity index (χ3n) is 3.97. The molecule has 1 aliphatic rings. The van der Waals surface area contributed by atoms with Crippen LogP contribution in [-0.2, 0) is 18.9 Å². The van der Waals surface area contributed by atoms with E-state index < -0.39 is 23.2 Å². The summed E-state index contributed by atoms with van der Waals surface area (Å²) in [5.41, 5.74) is -0.126. The summed E-state index contributed by atoms with van der Waals surface area (Å²) in [6.07, 6.45) is 0.610. The number of aryl methyl sites for hydroxylation is 1. The van der Waals surface area contributed by atoms with Gasteiger partial charge in [-0.2, -0.15) is 0 Å². The summed E-state index contributed by atoms with van der Waals surface area (Å²) in [7, 11) is 2.96. The molecule has 120 valence electrons. The standard InChI is InChI=1S/C15H15N3O4S/c1-17-11-4-3-8(7-9(11)13(20)18(2)15(17)22)12(19)16-10-5-6-23-14(10)21/h3-4,7,10H,5-6H2,1-2H3,(H,16,19)/t10-/m1/s1. The normalized spacial score (nSPS) is 17.7. The lowest BCUT2D eigenvalue weighted by Crippen LogP contribution is -2.38. The lowest BCUT2D eigenvalue weighted by molar-refractivity contribution is -0.112. The van der Waals surface area contributed by atoms with Crippen molar-refractivity contribution in [3.05, 3.63) is 44.6 Å². The molecular weight excluding hydrogens is 318 g/mol. The first-order valence-corrected chi connectivity index (χ1v) is 8.06. The van der Waals surface area contributed by atoms with Crippen molar-refractivity contribution in [3.8, 4) is 0 Å². The maximum atomic E-state index is 12.3. The Hall–Kier alpha value is -2.35. The van der Waals surface area contributed by atoms with Gasteiger partial charge >= 0.3 is 5.69 Å². The number of nitrogens with one attached hydrogen (secondary N) is 1. The predicted octanol–water partition coefficient (Wildman–Crippen LogP) is -0.000900. The molecule has 1 N–H and O–H groups in total. The number of fused-ring (bicyclic) bond motifs is 1. The Kier molecular flexibility index (Phi) is 3.85. The molecule has 0 spiro atoms. The van der Waals surface area contributed by atoms with E-state index in [-0.39, 0.29) is 16.1 Å². The average molecular weight is 333 g/mol. The zero-order chi connectivity index (χ0) is 16.7. The lowest BCUT2D eigenvalue weighted by Gasteiger charge is -2.12. The van der Waals surface area contributed by atoms with E-state index in [1.165, 1.54) is 29.4 Å². The lowest BCUT2D eigenvalue weighted by atomic mass is 10.1. The smallest absolute Gasteiger partial charge is 0.330 e. The van der Waals surface area contributed by atoms with E-state index in [9.17, 15) is 19.2 Å². The van der Waals surface area contributed by atoms with Crippen LogP contribution in [0, 0.1) is 0 Å². The van der Waals surface area contributed by atoms with Gasteiger partial charge in [-0.25, -0.2) is 4.79 Å². The molecule has 1 saturated heterocycles. The van der Waals surface area contributed by atoms with Gasteiger partial charge in [0.25, 0.3) is 11.5 Å².